The van der Waals surface area contributed by atoms with Gasteiger partial charge in [-0.2, -0.15) is 0 Å². The molecule has 0 saturated heterocycles. The van der Waals surface area contributed by atoms with Gasteiger partial charge in [0.1, 0.15) is 22.6 Å². The molecule has 0 bridgehead atoms. The number of nitrogens with zero attached hydrogens (tertiary/aromatic N) is 1. The number of anilines is 1. The van der Waals surface area contributed by atoms with Gasteiger partial charge in [0.2, 0.25) is 0 Å². The number of hydrogen-bond donors (Lipinski definition) is 2. The maximum absolute atomic E-state index is 13.4. The molecule has 0 aliphatic heterocycles. The van der Waals surface area contributed by atoms with Gasteiger partial charge in [0.15, 0.2) is 5.58 Å². The average molecular weight is 433 g/mol. The molecule has 0 unspecified atom stereocenters. The third kappa shape index (κ3) is 3.74. The summed E-state index contributed by atoms with van der Waals surface area (Å²) in [5.74, 6) is 0.566. The highest BCUT2D eigenvalue weighted by molar-refractivity contribution is 9.10. The van der Waals surface area contributed by atoms with Gasteiger partial charge in [-0.05, 0) is 34.3 Å². The Morgan fingerprint density at radius 3 is 3.00 bits per heavy atom. The van der Waals surface area contributed by atoms with Crippen molar-refractivity contribution in [1.82, 2.24) is 4.98 Å². The second-order valence-corrected chi connectivity index (χ2v) is 7.70. The number of nitrogens with two attached hydrogens (primary N) is 1. The molecular weight excluding hydrogens is 417 g/mol. The van der Waals surface area contributed by atoms with Gasteiger partial charge in [-0.15, -0.1) is 11.3 Å². The molecule has 3 aromatic rings. The number of fused-ring (bicyclic) bond motifs is 1. The summed E-state index contributed by atoms with van der Waals surface area (Å²) in [6, 6.07) is 5.12. The third-order valence-electron chi connectivity index (χ3n) is 3.66. The van der Waals surface area contributed by atoms with Gasteiger partial charge in [-0.1, -0.05) is 17.7 Å². The molecule has 3 N–H and O–H groups in total. The van der Waals surface area contributed by atoms with Crippen molar-refractivity contribution >= 4 is 55.7 Å². The molecule has 3 rings (SSSR count). The van der Waals surface area contributed by atoms with Gasteiger partial charge in [0.05, 0.1) is 10.2 Å². The molecule has 0 spiro atoms. The molecule has 4 nitrogen and oxygen atoms in total. The Balaban J connectivity index is 1.94. The fourth-order valence-corrected chi connectivity index (χ4v) is 3.64. The molecule has 3 aromatic heterocycles. The molecule has 0 aliphatic carbocycles. The number of rotatable bonds is 6. The van der Waals surface area contributed by atoms with E-state index in [0.29, 0.717) is 33.0 Å². The van der Waals surface area contributed by atoms with Crippen molar-refractivity contribution in [2.45, 2.75) is 32.1 Å². The standard InChI is InChI=1S/C16H16BrClFN3OS/c1-8(19)10(20)5-12-14(17)15-16(23-12)11(6-13(18)22-15)21-7-9-3-2-4-24-9/h2-4,6,8,10H,5,7,20H2,1H3,(H,21,22)/t8-,10+/m0/s1. The predicted molar refractivity (Wildman–Crippen MR) is 101 cm³/mol. The minimum atomic E-state index is -1.13. The summed E-state index contributed by atoms with van der Waals surface area (Å²) >= 11 is 11.3. The lowest BCUT2D eigenvalue weighted by atomic mass is 10.1. The maximum atomic E-state index is 13.4. The lowest BCUT2D eigenvalue weighted by molar-refractivity contribution is 0.295. The normalized spacial score (nSPS) is 14.0. The average Bonchev–Trinajstić information content (AvgIpc) is 3.15. The zero-order chi connectivity index (χ0) is 17.3. The minimum absolute atomic E-state index is 0.274. The third-order valence-corrected chi connectivity index (χ3v) is 5.55. The van der Waals surface area contributed by atoms with E-state index >= 15 is 0 Å². The van der Waals surface area contributed by atoms with E-state index < -0.39 is 12.2 Å². The van der Waals surface area contributed by atoms with E-state index in [4.69, 9.17) is 21.8 Å². The van der Waals surface area contributed by atoms with Crippen molar-refractivity contribution < 1.29 is 8.81 Å². The highest BCUT2D eigenvalue weighted by Gasteiger charge is 2.21. The van der Waals surface area contributed by atoms with Crippen molar-refractivity contribution in [3.05, 3.63) is 43.8 Å². The number of nitrogens with one attached hydrogen (secondary N) is 1. The minimum Gasteiger partial charge on any atom is -0.456 e. The quantitative estimate of drug-likeness (QED) is 0.529. The van der Waals surface area contributed by atoms with Crippen LogP contribution in [0.3, 0.4) is 0 Å². The van der Waals surface area contributed by atoms with E-state index in [1.807, 2.05) is 17.5 Å². The lowest BCUT2D eigenvalue weighted by Crippen LogP contribution is -2.31. The van der Waals surface area contributed by atoms with Crippen LogP contribution in [-0.4, -0.2) is 17.2 Å². The van der Waals surface area contributed by atoms with Crippen LogP contribution in [0, 0.1) is 0 Å². The van der Waals surface area contributed by atoms with Gasteiger partial charge >= 0.3 is 0 Å². The number of thiophene rings is 1. The van der Waals surface area contributed by atoms with Gasteiger partial charge in [-0.3, -0.25) is 0 Å². The Kier molecular flexibility index (Phi) is 5.44. The second-order valence-electron chi connectivity index (χ2n) is 5.49. The molecule has 0 aromatic carbocycles. The van der Waals surface area contributed by atoms with Crippen LogP contribution < -0.4 is 11.1 Å². The largest absolute Gasteiger partial charge is 0.456 e. The fourth-order valence-electron chi connectivity index (χ4n) is 2.29. The van der Waals surface area contributed by atoms with Crippen molar-refractivity contribution in [2.24, 2.45) is 5.73 Å². The smallest absolute Gasteiger partial charge is 0.177 e. The Morgan fingerprint density at radius 2 is 2.33 bits per heavy atom. The summed E-state index contributed by atoms with van der Waals surface area (Å²) < 4.78 is 19.9. The molecule has 0 fully saturated rings. The zero-order valence-corrected chi connectivity index (χ0v) is 16.0. The predicted octanol–water partition coefficient (Wildman–Crippen LogP) is 5.15. The Hall–Kier alpha value is -1.15. The van der Waals surface area contributed by atoms with Crippen LogP contribution in [0.5, 0.6) is 0 Å². The summed E-state index contributed by atoms with van der Waals surface area (Å²) in [4.78, 5) is 5.50. The Labute approximate surface area is 156 Å². The zero-order valence-electron chi connectivity index (χ0n) is 12.9. The van der Waals surface area contributed by atoms with Crippen LogP contribution in [0.4, 0.5) is 10.1 Å². The van der Waals surface area contributed by atoms with Crippen LogP contribution in [0.15, 0.2) is 32.5 Å². The van der Waals surface area contributed by atoms with E-state index in [1.165, 1.54) is 11.8 Å². The number of halogens is 3. The number of aromatic nitrogens is 1. The summed E-state index contributed by atoms with van der Waals surface area (Å²) in [6.07, 6.45) is -0.852. The number of hydrogen-bond acceptors (Lipinski definition) is 5. The maximum Gasteiger partial charge on any atom is 0.177 e. The van der Waals surface area contributed by atoms with Crippen molar-refractivity contribution in [2.75, 3.05) is 5.32 Å². The molecular formula is C16H16BrClFN3OS. The van der Waals surface area contributed by atoms with Gasteiger partial charge in [0, 0.05) is 30.0 Å². The fraction of sp³-hybridized carbons (Fsp3) is 0.312. The van der Waals surface area contributed by atoms with Crippen LogP contribution in [0.2, 0.25) is 5.15 Å². The first kappa shape index (κ1) is 17.7. The second kappa shape index (κ2) is 7.39. The first-order chi connectivity index (χ1) is 11.5. The lowest BCUT2D eigenvalue weighted by Gasteiger charge is -2.10. The first-order valence-electron chi connectivity index (χ1n) is 7.39. The summed E-state index contributed by atoms with van der Waals surface area (Å²) in [6.45, 7) is 2.09. The van der Waals surface area contributed by atoms with Crippen LogP contribution >= 0.6 is 38.9 Å². The van der Waals surface area contributed by atoms with Crippen LogP contribution in [0.1, 0.15) is 17.6 Å². The van der Waals surface area contributed by atoms with E-state index in [0.717, 1.165) is 5.69 Å². The van der Waals surface area contributed by atoms with Crippen LogP contribution in [0.25, 0.3) is 11.1 Å². The van der Waals surface area contributed by atoms with E-state index in [-0.39, 0.29) is 6.42 Å². The Morgan fingerprint density at radius 1 is 1.54 bits per heavy atom. The molecule has 3 heterocycles. The van der Waals surface area contributed by atoms with E-state index in [1.54, 1.807) is 17.4 Å². The highest BCUT2D eigenvalue weighted by Crippen LogP contribution is 2.36. The topological polar surface area (TPSA) is 64.1 Å². The molecule has 2 atom stereocenters. The number of pyridine rings is 1. The molecule has 0 aliphatic rings. The monoisotopic (exact) mass is 431 g/mol. The molecule has 0 radical (unpaired) electrons. The molecule has 128 valence electrons. The van der Waals surface area contributed by atoms with Gasteiger partial charge in [-0.25, -0.2) is 9.37 Å². The SMILES string of the molecule is C[C@H](F)[C@H](N)Cc1oc2c(NCc3cccs3)cc(Cl)nc2c1Br. The highest BCUT2D eigenvalue weighted by atomic mass is 79.9. The molecule has 0 amide bonds. The Bertz CT molecular complexity index is 838. The number of furan rings is 1. The van der Waals surface area contributed by atoms with Gasteiger partial charge < -0.3 is 15.5 Å². The summed E-state index contributed by atoms with van der Waals surface area (Å²) in [7, 11) is 0. The molecule has 24 heavy (non-hydrogen) atoms. The number of alkyl halides is 1. The molecule has 8 heteroatoms. The van der Waals surface area contributed by atoms with Crippen molar-refractivity contribution in [3.63, 3.8) is 0 Å². The summed E-state index contributed by atoms with van der Waals surface area (Å²) in [5.41, 5.74) is 7.74. The van der Waals surface area contributed by atoms with Crippen molar-refractivity contribution in [1.29, 1.82) is 0 Å². The van der Waals surface area contributed by atoms with E-state index in [2.05, 4.69) is 26.2 Å². The van der Waals surface area contributed by atoms with Crippen LogP contribution in [-0.2, 0) is 13.0 Å². The van der Waals surface area contributed by atoms with E-state index in [9.17, 15) is 4.39 Å². The summed E-state index contributed by atoms with van der Waals surface area (Å²) in [5, 5.41) is 5.69. The molecule has 0 saturated carbocycles. The van der Waals surface area contributed by atoms with Crippen molar-refractivity contribution in [3.8, 4) is 0 Å². The first-order valence-corrected chi connectivity index (χ1v) is 9.44. The van der Waals surface area contributed by atoms with Gasteiger partial charge in [0.25, 0.3) is 0 Å².